The number of imidazole rings is 1. The van der Waals surface area contributed by atoms with Gasteiger partial charge in [0.05, 0.1) is 30.0 Å². The number of halogens is 3. The van der Waals surface area contributed by atoms with Gasteiger partial charge >= 0.3 is 12.2 Å². The second kappa shape index (κ2) is 6.68. The van der Waals surface area contributed by atoms with Gasteiger partial charge in [0.25, 0.3) is 5.91 Å². The lowest BCUT2D eigenvalue weighted by Crippen LogP contribution is -2.63. The molecule has 3 aliphatic rings. The molecule has 2 bridgehead atoms. The van der Waals surface area contributed by atoms with Gasteiger partial charge in [-0.05, 0) is 25.0 Å². The van der Waals surface area contributed by atoms with Crippen LogP contribution in [0.3, 0.4) is 0 Å². The van der Waals surface area contributed by atoms with Crippen molar-refractivity contribution >= 4 is 23.3 Å². The number of piperidine rings is 1. The number of hydrogen-bond acceptors (Lipinski definition) is 6. The summed E-state index contributed by atoms with van der Waals surface area (Å²) >= 11 is 0. The third-order valence-corrected chi connectivity index (χ3v) is 7.13. The standard InChI is InChI=1S/C20H19F3N8O2/c21-20(22,23)13-3-15-6-24-10-31(15)16(4-13)29-7-11-1-2-12(8-29)19(11)17(32)30(18(33)26-19)9-14-5-25-28-27-14/h3-6,10-12H,1-2,7-9H2,(H,26,33)(H,25,27,28). The minimum atomic E-state index is -4.49. The predicted molar refractivity (Wildman–Crippen MR) is 107 cm³/mol. The minimum Gasteiger partial charge on any atom is -0.357 e. The average molecular weight is 460 g/mol. The van der Waals surface area contributed by atoms with Crippen molar-refractivity contribution in [2.45, 2.75) is 31.1 Å². The van der Waals surface area contributed by atoms with Gasteiger partial charge in [-0.3, -0.25) is 14.1 Å². The molecule has 1 saturated carbocycles. The van der Waals surface area contributed by atoms with E-state index in [4.69, 9.17) is 0 Å². The molecular formula is C20H19F3N8O2. The number of nitrogens with zero attached hydrogens (tertiary/aromatic N) is 6. The summed E-state index contributed by atoms with van der Waals surface area (Å²) in [6, 6.07) is 1.71. The van der Waals surface area contributed by atoms with Crippen LogP contribution in [0.15, 0.2) is 30.9 Å². The average Bonchev–Trinajstić information content (AvgIpc) is 3.52. The highest BCUT2D eigenvalue weighted by Crippen LogP contribution is 2.49. The first kappa shape index (κ1) is 20.0. The fourth-order valence-corrected chi connectivity index (χ4v) is 5.65. The SMILES string of the molecule is O=C1NC2(C(=O)N1Cc1cn[nH]n1)C1CCC2CN(c2cc(C(F)(F)F)cc3cncn23)C1. The zero-order valence-corrected chi connectivity index (χ0v) is 17.2. The first-order chi connectivity index (χ1) is 15.8. The van der Waals surface area contributed by atoms with Crippen LogP contribution >= 0.6 is 0 Å². The molecule has 2 aliphatic heterocycles. The third kappa shape index (κ3) is 2.84. The van der Waals surface area contributed by atoms with Gasteiger partial charge in [-0.15, -0.1) is 0 Å². The topological polar surface area (TPSA) is 112 Å². The Morgan fingerprint density at radius 2 is 1.88 bits per heavy atom. The summed E-state index contributed by atoms with van der Waals surface area (Å²) in [7, 11) is 0. The number of imide groups is 1. The molecule has 1 aliphatic carbocycles. The number of urea groups is 1. The maximum Gasteiger partial charge on any atom is 0.416 e. The van der Waals surface area contributed by atoms with Crippen molar-refractivity contribution in [2.24, 2.45) is 11.8 Å². The highest BCUT2D eigenvalue weighted by molar-refractivity contribution is 6.07. The summed E-state index contributed by atoms with van der Waals surface area (Å²) in [4.78, 5) is 33.2. The van der Waals surface area contributed by atoms with E-state index in [2.05, 4.69) is 25.7 Å². The number of carbonyl (C=O) groups is 2. The predicted octanol–water partition coefficient (Wildman–Crippen LogP) is 1.81. The lowest BCUT2D eigenvalue weighted by Gasteiger charge is -2.44. The zero-order chi connectivity index (χ0) is 23.0. The smallest absolute Gasteiger partial charge is 0.357 e. The van der Waals surface area contributed by atoms with Crippen LogP contribution in [0.25, 0.3) is 5.52 Å². The maximum atomic E-state index is 13.5. The number of carbonyl (C=O) groups excluding carboxylic acids is 2. The molecule has 33 heavy (non-hydrogen) atoms. The van der Waals surface area contributed by atoms with Crippen LogP contribution in [0.2, 0.25) is 0 Å². The summed E-state index contributed by atoms with van der Waals surface area (Å²) < 4.78 is 42.2. The molecular weight excluding hydrogens is 441 g/mol. The van der Waals surface area contributed by atoms with E-state index in [1.54, 1.807) is 4.40 Å². The maximum absolute atomic E-state index is 13.5. The Morgan fingerprint density at radius 3 is 2.55 bits per heavy atom. The monoisotopic (exact) mass is 460 g/mol. The van der Waals surface area contributed by atoms with Crippen molar-refractivity contribution in [2.75, 3.05) is 18.0 Å². The number of pyridine rings is 1. The number of fused-ring (bicyclic) bond motifs is 1. The summed E-state index contributed by atoms with van der Waals surface area (Å²) in [6.07, 6.45) is 1.22. The Hall–Kier alpha value is -3.64. The summed E-state index contributed by atoms with van der Waals surface area (Å²) in [5.74, 6) is -0.397. The first-order valence-corrected chi connectivity index (χ1v) is 10.5. The van der Waals surface area contributed by atoms with Gasteiger partial charge in [-0.1, -0.05) is 0 Å². The molecule has 172 valence electrons. The number of H-pyrrole nitrogens is 1. The van der Waals surface area contributed by atoms with E-state index in [1.165, 1.54) is 18.7 Å². The first-order valence-electron chi connectivity index (χ1n) is 10.5. The van der Waals surface area contributed by atoms with Crippen molar-refractivity contribution in [3.63, 3.8) is 0 Å². The fourth-order valence-electron chi connectivity index (χ4n) is 5.65. The van der Waals surface area contributed by atoms with Crippen LogP contribution in [0, 0.1) is 11.8 Å². The van der Waals surface area contributed by atoms with E-state index in [0.29, 0.717) is 43.0 Å². The number of hydrogen-bond donors (Lipinski definition) is 2. The lowest BCUT2D eigenvalue weighted by atomic mass is 9.76. The Labute approximate surface area is 184 Å². The molecule has 1 spiro atoms. The molecule has 0 radical (unpaired) electrons. The number of anilines is 1. The summed E-state index contributed by atoms with van der Waals surface area (Å²) in [6.45, 7) is 0.694. The summed E-state index contributed by atoms with van der Waals surface area (Å²) in [5, 5.41) is 13.0. The van der Waals surface area contributed by atoms with Gasteiger partial charge in [0.15, 0.2) is 0 Å². The second-order valence-corrected chi connectivity index (χ2v) is 8.82. The highest BCUT2D eigenvalue weighted by atomic mass is 19.4. The Bertz CT molecular complexity index is 1240. The van der Waals surface area contributed by atoms with E-state index in [9.17, 15) is 22.8 Å². The summed E-state index contributed by atoms with van der Waals surface area (Å²) in [5.41, 5.74) is -0.988. The molecule has 2 atom stereocenters. The van der Waals surface area contributed by atoms with E-state index in [1.807, 2.05) is 4.90 Å². The quantitative estimate of drug-likeness (QED) is 0.577. The van der Waals surface area contributed by atoms with Gasteiger partial charge in [0, 0.05) is 24.9 Å². The van der Waals surface area contributed by atoms with Crippen LogP contribution in [-0.2, 0) is 17.5 Å². The van der Waals surface area contributed by atoms with Gasteiger partial charge in [0.2, 0.25) is 0 Å². The number of rotatable bonds is 3. The molecule has 13 heteroatoms. The van der Waals surface area contributed by atoms with E-state index in [-0.39, 0.29) is 24.3 Å². The van der Waals surface area contributed by atoms with Crippen molar-refractivity contribution in [3.8, 4) is 0 Å². The molecule has 2 saturated heterocycles. The van der Waals surface area contributed by atoms with Crippen molar-refractivity contribution < 1.29 is 22.8 Å². The molecule has 3 amide bonds. The lowest BCUT2D eigenvalue weighted by molar-refractivity contribution is -0.137. The van der Waals surface area contributed by atoms with E-state index < -0.39 is 23.3 Å². The number of aromatic amines is 1. The molecule has 3 aromatic heterocycles. The van der Waals surface area contributed by atoms with Crippen LogP contribution in [0.4, 0.5) is 23.8 Å². The van der Waals surface area contributed by atoms with Crippen LogP contribution < -0.4 is 10.2 Å². The number of amides is 3. The number of nitrogens with one attached hydrogen (secondary N) is 2. The molecule has 5 heterocycles. The van der Waals surface area contributed by atoms with Gasteiger partial charge in [-0.25, -0.2) is 9.78 Å². The molecule has 0 aromatic carbocycles. The zero-order valence-electron chi connectivity index (χ0n) is 17.2. The molecule has 10 nitrogen and oxygen atoms in total. The van der Waals surface area contributed by atoms with E-state index >= 15 is 0 Å². The van der Waals surface area contributed by atoms with Crippen molar-refractivity contribution in [1.29, 1.82) is 0 Å². The number of alkyl halides is 3. The normalized spacial score (nSPS) is 27.2. The molecule has 3 fully saturated rings. The Kier molecular flexibility index (Phi) is 4.05. The van der Waals surface area contributed by atoms with Gasteiger partial charge in [0.1, 0.15) is 23.4 Å². The molecule has 2 N–H and O–H groups in total. The van der Waals surface area contributed by atoms with Crippen molar-refractivity contribution in [3.05, 3.63) is 42.1 Å². The third-order valence-electron chi connectivity index (χ3n) is 7.13. The fraction of sp³-hybridized carbons (Fsp3) is 0.450. The molecule has 2 unspecified atom stereocenters. The van der Waals surface area contributed by atoms with Crippen molar-refractivity contribution in [1.82, 2.24) is 35.0 Å². The van der Waals surface area contributed by atoms with E-state index in [0.717, 1.165) is 17.0 Å². The Balaban J connectivity index is 1.33. The molecule has 6 rings (SSSR count). The van der Waals surface area contributed by atoms with Crippen LogP contribution in [0.1, 0.15) is 24.1 Å². The van der Waals surface area contributed by atoms with Crippen LogP contribution in [-0.4, -0.2) is 60.3 Å². The highest BCUT2D eigenvalue weighted by Gasteiger charge is 2.65. The second-order valence-electron chi connectivity index (χ2n) is 8.82. The van der Waals surface area contributed by atoms with Crippen LogP contribution in [0.5, 0.6) is 0 Å². The van der Waals surface area contributed by atoms with Gasteiger partial charge in [-0.2, -0.15) is 28.6 Å². The Morgan fingerprint density at radius 1 is 1.12 bits per heavy atom. The number of aromatic nitrogens is 5. The molecule has 3 aromatic rings. The van der Waals surface area contributed by atoms with Gasteiger partial charge < -0.3 is 10.2 Å². The minimum absolute atomic E-state index is 0.00928. The largest absolute Gasteiger partial charge is 0.416 e.